The van der Waals surface area contributed by atoms with Crippen LogP contribution in [-0.4, -0.2) is 39.9 Å². The first-order valence-electron chi connectivity index (χ1n) is 6.09. The number of hydrogen-bond donors (Lipinski definition) is 1. The van der Waals surface area contributed by atoms with Crippen molar-refractivity contribution in [3.05, 3.63) is 6.20 Å². The molecule has 1 heterocycles. The summed E-state index contributed by atoms with van der Waals surface area (Å²) in [5.74, 6) is 0.528. The van der Waals surface area contributed by atoms with Gasteiger partial charge in [0, 0.05) is 25.7 Å². The van der Waals surface area contributed by atoms with Crippen LogP contribution >= 0.6 is 0 Å². The van der Waals surface area contributed by atoms with Crippen molar-refractivity contribution in [1.82, 2.24) is 14.7 Å². The first-order chi connectivity index (χ1) is 7.91. The van der Waals surface area contributed by atoms with Crippen molar-refractivity contribution in [3.8, 4) is 5.88 Å². The lowest BCUT2D eigenvalue weighted by Crippen LogP contribution is -2.39. The van der Waals surface area contributed by atoms with E-state index < -0.39 is 0 Å². The lowest BCUT2D eigenvalue weighted by Gasteiger charge is -2.30. The predicted molar refractivity (Wildman–Crippen MR) is 70.1 cm³/mol. The van der Waals surface area contributed by atoms with Crippen molar-refractivity contribution in [3.63, 3.8) is 0 Å². The molecule has 0 unspecified atom stereocenters. The fourth-order valence-electron chi connectivity index (χ4n) is 1.96. The van der Waals surface area contributed by atoms with Gasteiger partial charge in [-0.25, -0.2) is 0 Å². The van der Waals surface area contributed by atoms with Gasteiger partial charge in [0.15, 0.2) is 0 Å². The van der Waals surface area contributed by atoms with E-state index in [0.29, 0.717) is 30.3 Å². The fraction of sp³-hybridized carbons (Fsp3) is 0.750. The Balaban J connectivity index is 2.44. The van der Waals surface area contributed by atoms with E-state index in [-0.39, 0.29) is 0 Å². The van der Waals surface area contributed by atoms with Crippen molar-refractivity contribution >= 4 is 5.69 Å². The van der Waals surface area contributed by atoms with Crippen LogP contribution in [0.3, 0.4) is 0 Å². The molecule has 1 aromatic rings. The lowest BCUT2D eigenvalue weighted by atomic mass is 10.2. The molecule has 0 aliphatic heterocycles. The van der Waals surface area contributed by atoms with Crippen molar-refractivity contribution in [2.75, 3.05) is 18.9 Å². The molecule has 0 saturated carbocycles. The number of rotatable bonds is 6. The average molecular weight is 240 g/mol. The number of aromatic nitrogens is 2. The normalized spacial score (nSPS) is 11.8. The Morgan fingerprint density at radius 3 is 2.35 bits per heavy atom. The second-order valence-corrected chi connectivity index (χ2v) is 4.84. The number of anilines is 1. The summed E-state index contributed by atoms with van der Waals surface area (Å²) in [4.78, 5) is 2.37. The largest absolute Gasteiger partial charge is 0.474 e. The molecule has 2 N–H and O–H groups in total. The van der Waals surface area contributed by atoms with E-state index in [1.807, 2.05) is 7.05 Å². The van der Waals surface area contributed by atoms with Gasteiger partial charge in [-0.15, -0.1) is 5.10 Å². The molecule has 0 atom stereocenters. The monoisotopic (exact) mass is 240 g/mol. The molecule has 0 bridgehead atoms. The highest BCUT2D eigenvalue weighted by Crippen LogP contribution is 2.17. The standard InChI is InChI=1S/C12H24N4O/c1-9(2)16(10(3)4)6-7-17-12-11(13)8-15(5)14-12/h8-10H,6-7,13H2,1-5H3. The van der Waals surface area contributed by atoms with Gasteiger partial charge in [0.05, 0.1) is 6.20 Å². The molecule has 0 radical (unpaired) electrons. The van der Waals surface area contributed by atoms with Crippen LogP contribution in [-0.2, 0) is 7.05 Å². The van der Waals surface area contributed by atoms with Crippen LogP contribution < -0.4 is 10.5 Å². The highest BCUT2D eigenvalue weighted by atomic mass is 16.5. The molecule has 1 rings (SSSR count). The van der Waals surface area contributed by atoms with E-state index in [0.717, 1.165) is 6.54 Å². The third kappa shape index (κ3) is 3.93. The smallest absolute Gasteiger partial charge is 0.256 e. The van der Waals surface area contributed by atoms with Crippen molar-refractivity contribution in [1.29, 1.82) is 0 Å². The first kappa shape index (κ1) is 13.8. The summed E-state index contributed by atoms with van der Waals surface area (Å²) < 4.78 is 7.25. The molecule has 0 aromatic carbocycles. The number of nitrogen functional groups attached to an aromatic ring is 1. The second kappa shape index (κ2) is 5.91. The van der Waals surface area contributed by atoms with E-state index in [9.17, 15) is 0 Å². The minimum Gasteiger partial charge on any atom is -0.474 e. The van der Waals surface area contributed by atoms with Gasteiger partial charge in [0.1, 0.15) is 12.3 Å². The van der Waals surface area contributed by atoms with Gasteiger partial charge in [-0.2, -0.15) is 0 Å². The molecule has 0 amide bonds. The maximum atomic E-state index is 5.76. The highest BCUT2D eigenvalue weighted by molar-refractivity contribution is 5.45. The van der Waals surface area contributed by atoms with E-state index >= 15 is 0 Å². The fourth-order valence-corrected chi connectivity index (χ4v) is 1.96. The SMILES string of the molecule is CC(C)N(CCOc1nn(C)cc1N)C(C)C. The molecule has 1 aromatic heterocycles. The van der Waals surface area contributed by atoms with E-state index in [1.54, 1.807) is 10.9 Å². The number of nitrogens with zero attached hydrogens (tertiary/aromatic N) is 3. The summed E-state index contributed by atoms with van der Waals surface area (Å²) in [6.07, 6.45) is 1.75. The molecule has 98 valence electrons. The quantitative estimate of drug-likeness (QED) is 0.818. The summed E-state index contributed by atoms with van der Waals surface area (Å²) >= 11 is 0. The van der Waals surface area contributed by atoms with E-state index in [2.05, 4.69) is 37.7 Å². The molecule has 5 heteroatoms. The Bertz CT molecular complexity index is 338. The molecule has 0 saturated heterocycles. The molecule has 5 nitrogen and oxygen atoms in total. The number of hydrogen-bond acceptors (Lipinski definition) is 4. The van der Waals surface area contributed by atoms with Crippen LogP contribution in [0.15, 0.2) is 6.20 Å². The Labute approximate surface area is 104 Å². The van der Waals surface area contributed by atoms with Gasteiger partial charge in [-0.1, -0.05) is 0 Å². The van der Waals surface area contributed by atoms with Gasteiger partial charge in [0.25, 0.3) is 5.88 Å². The third-order valence-electron chi connectivity index (χ3n) is 2.74. The molecule has 0 spiro atoms. The van der Waals surface area contributed by atoms with Crippen molar-refractivity contribution in [2.24, 2.45) is 7.05 Å². The maximum absolute atomic E-state index is 5.76. The van der Waals surface area contributed by atoms with Gasteiger partial charge < -0.3 is 10.5 Å². The van der Waals surface area contributed by atoms with Gasteiger partial charge in [-0.05, 0) is 27.7 Å². The van der Waals surface area contributed by atoms with Gasteiger partial charge >= 0.3 is 0 Å². The Morgan fingerprint density at radius 1 is 1.35 bits per heavy atom. The molecule has 0 fully saturated rings. The van der Waals surface area contributed by atoms with Crippen LogP contribution in [0.1, 0.15) is 27.7 Å². The zero-order chi connectivity index (χ0) is 13.0. The average Bonchev–Trinajstić information content (AvgIpc) is 2.51. The topological polar surface area (TPSA) is 56.3 Å². The second-order valence-electron chi connectivity index (χ2n) is 4.84. The molecular weight excluding hydrogens is 216 g/mol. The minimum absolute atomic E-state index is 0.514. The summed E-state index contributed by atoms with van der Waals surface area (Å²) in [6, 6.07) is 1.03. The Morgan fingerprint density at radius 2 is 1.94 bits per heavy atom. The Hall–Kier alpha value is -1.23. The van der Waals surface area contributed by atoms with Crippen LogP contribution in [0.25, 0.3) is 0 Å². The van der Waals surface area contributed by atoms with Crippen LogP contribution in [0.5, 0.6) is 5.88 Å². The summed E-state index contributed by atoms with van der Waals surface area (Å²) in [6.45, 7) is 10.2. The number of aryl methyl sites for hydroxylation is 1. The molecular formula is C12H24N4O. The van der Waals surface area contributed by atoms with Crippen molar-refractivity contribution in [2.45, 2.75) is 39.8 Å². The number of ether oxygens (including phenoxy) is 1. The predicted octanol–water partition coefficient (Wildman–Crippen LogP) is 1.50. The summed E-state index contributed by atoms with van der Waals surface area (Å²) in [5, 5.41) is 4.15. The minimum atomic E-state index is 0.514. The number of nitrogens with two attached hydrogens (primary N) is 1. The first-order valence-corrected chi connectivity index (χ1v) is 6.09. The molecule has 17 heavy (non-hydrogen) atoms. The summed E-state index contributed by atoms with van der Waals surface area (Å²) in [5.41, 5.74) is 6.35. The zero-order valence-corrected chi connectivity index (χ0v) is 11.5. The summed E-state index contributed by atoms with van der Waals surface area (Å²) in [7, 11) is 1.83. The van der Waals surface area contributed by atoms with E-state index in [1.165, 1.54) is 0 Å². The molecule has 0 aliphatic carbocycles. The van der Waals surface area contributed by atoms with Crippen LogP contribution in [0.2, 0.25) is 0 Å². The van der Waals surface area contributed by atoms with Gasteiger partial charge in [-0.3, -0.25) is 9.58 Å². The van der Waals surface area contributed by atoms with Gasteiger partial charge in [0.2, 0.25) is 0 Å². The van der Waals surface area contributed by atoms with E-state index in [4.69, 9.17) is 10.5 Å². The highest BCUT2D eigenvalue weighted by Gasteiger charge is 2.13. The van der Waals surface area contributed by atoms with Crippen LogP contribution in [0.4, 0.5) is 5.69 Å². The maximum Gasteiger partial charge on any atom is 0.256 e. The van der Waals surface area contributed by atoms with Crippen molar-refractivity contribution < 1.29 is 4.74 Å². The third-order valence-corrected chi connectivity index (χ3v) is 2.74. The lowest BCUT2D eigenvalue weighted by molar-refractivity contribution is 0.140. The van der Waals surface area contributed by atoms with Crippen LogP contribution in [0, 0.1) is 0 Å². The Kier molecular flexibility index (Phi) is 4.81. The zero-order valence-electron chi connectivity index (χ0n) is 11.5. The molecule has 0 aliphatic rings.